The van der Waals surface area contributed by atoms with Crippen LogP contribution in [-0.2, 0) is 6.54 Å². The Bertz CT molecular complexity index is 1190. The van der Waals surface area contributed by atoms with E-state index in [4.69, 9.17) is 0 Å². The van der Waals surface area contributed by atoms with E-state index >= 15 is 0 Å². The number of fused-ring (bicyclic) bond motifs is 2. The molecule has 0 saturated heterocycles. The van der Waals surface area contributed by atoms with Crippen LogP contribution in [0.15, 0.2) is 48.5 Å². The summed E-state index contributed by atoms with van der Waals surface area (Å²) in [6.07, 6.45) is 0. The molecule has 0 aliphatic rings. The highest BCUT2D eigenvalue weighted by molar-refractivity contribution is 7.19. The maximum absolute atomic E-state index is 13.1. The summed E-state index contributed by atoms with van der Waals surface area (Å²) < 4.78 is 16.6. The molecule has 0 N–H and O–H groups in total. The second kappa shape index (κ2) is 5.42. The summed E-state index contributed by atoms with van der Waals surface area (Å²) >= 11 is 1.40. The molecule has 9 heteroatoms. The van der Waals surface area contributed by atoms with E-state index in [2.05, 4.69) is 25.6 Å². The normalized spacial score (nSPS) is 11.6. The lowest BCUT2D eigenvalue weighted by Gasteiger charge is -1.99. The van der Waals surface area contributed by atoms with E-state index in [1.165, 1.54) is 23.5 Å². The molecule has 0 atom stereocenters. The van der Waals surface area contributed by atoms with Crippen molar-refractivity contribution in [1.82, 2.24) is 34.8 Å². The van der Waals surface area contributed by atoms with Gasteiger partial charge in [-0.25, -0.2) is 9.07 Å². The van der Waals surface area contributed by atoms with E-state index < -0.39 is 0 Å². The van der Waals surface area contributed by atoms with Gasteiger partial charge in [0.2, 0.25) is 4.96 Å². The Balaban J connectivity index is 1.55. The van der Waals surface area contributed by atoms with Gasteiger partial charge in [-0.2, -0.15) is 9.61 Å². The zero-order chi connectivity index (χ0) is 16.8. The van der Waals surface area contributed by atoms with E-state index in [0.29, 0.717) is 17.3 Å². The average Bonchev–Trinajstić information content (AvgIpc) is 3.32. The lowest BCUT2D eigenvalue weighted by Crippen LogP contribution is -2.06. The van der Waals surface area contributed by atoms with Crippen molar-refractivity contribution in [3.8, 4) is 10.6 Å². The van der Waals surface area contributed by atoms with Crippen molar-refractivity contribution in [2.75, 3.05) is 0 Å². The van der Waals surface area contributed by atoms with E-state index in [1.54, 1.807) is 21.3 Å². The molecule has 0 bridgehead atoms. The highest BCUT2D eigenvalue weighted by atomic mass is 32.1. The third-order valence-corrected chi connectivity index (χ3v) is 4.81. The smallest absolute Gasteiger partial charge is 0.235 e. The molecule has 25 heavy (non-hydrogen) atoms. The number of rotatable bonds is 3. The molecular formula is C16H10FN7S. The Hall–Kier alpha value is -3.20. The lowest BCUT2D eigenvalue weighted by atomic mass is 10.2. The van der Waals surface area contributed by atoms with E-state index in [-0.39, 0.29) is 5.82 Å². The SMILES string of the molecule is Fc1ccc(-c2nn3c(Cn4nnc5ccccc54)nnc3s2)cc1. The molecule has 0 aliphatic carbocycles. The summed E-state index contributed by atoms with van der Waals surface area (Å²) in [5.41, 5.74) is 2.59. The Morgan fingerprint density at radius 3 is 2.68 bits per heavy atom. The van der Waals surface area contributed by atoms with Crippen molar-refractivity contribution in [2.24, 2.45) is 0 Å². The number of hydrogen-bond donors (Lipinski definition) is 0. The van der Waals surface area contributed by atoms with Crippen LogP contribution in [0.5, 0.6) is 0 Å². The predicted octanol–water partition coefficient (Wildman–Crippen LogP) is 2.78. The first-order valence-electron chi connectivity index (χ1n) is 7.53. The molecule has 7 nitrogen and oxygen atoms in total. The third-order valence-electron chi connectivity index (χ3n) is 3.86. The van der Waals surface area contributed by atoms with Crippen LogP contribution in [0.1, 0.15) is 5.82 Å². The van der Waals surface area contributed by atoms with Crippen LogP contribution in [0.2, 0.25) is 0 Å². The molecular weight excluding hydrogens is 341 g/mol. The minimum absolute atomic E-state index is 0.273. The number of hydrogen-bond acceptors (Lipinski definition) is 6. The lowest BCUT2D eigenvalue weighted by molar-refractivity contribution is 0.627. The van der Waals surface area contributed by atoms with Gasteiger partial charge in [0, 0.05) is 5.56 Å². The third kappa shape index (κ3) is 2.36. The molecule has 3 aromatic heterocycles. The fourth-order valence-electron chi connectivity index (χ4n) is 2.63. The van der Waals surface area contributed by atoms with E-state index in [1.807, 2.05) is 24.3 Å². The van der Waals surface area contributed by atoms with Gasteiger partial charge in [0.15, 0.2) is 5.82 Å². The molecule has 0 spiro atoms. The molecule has 0 fully saturated rings. The van der Waals surface area contributed by atoms with Gasteiger partial charge in [0.05, 0.1) is 5.52 Å². The van der Waals surface area contributed by atoms with Crippen LogP contribution in [0.3, 0.4) is 0 Å². The maximum atomic E-state index is 13.1. The Morgan fingerprint density at radius 1 is 0.960 bits per heavy atom. The number of nitrogens with zero attached hydrogens (tertiary/aromatic N) is 7. The molecule has 2 aromatic carbocycles. The first kappa shape index (κ1) is 14.2. The molecule has 5 aromatic rings. The Morgan fingerprint density at radius 2 is 1.80 bits per heavy atom. The zero-order valence-corrected chi connectivity index (χ0v) is 13.6. The highest BCUT2D eigenvalue weighted by Crippen LogP contribution is 2.25. The first-order chi connectivity index (χ1) is 12.3. The number of benzene rings is 2. The quantitative estimate of drug-likeness (QED) is 0.500. The van der Waals surface area contributed by atoms with Gasteiger partial charge in [-0.05, 0) is 36.4 Å². The second-order valence-electron chi connectivity index (χ2n) is 5.46. The van der Waals surface area contributed by atoms with Crippen LogP contribution in [0, 0.1) is 5.82 Å². The topological polar surface area (TPSA) is 73.8 Å². The Kier molecular flexibility index (Phi) is 3.07. The van der Waals surface area contributed by atoms with Crippen LogP contribution < -0.4 is 0 Å². The van der Waals surface area contributed by atoms with E-state index in [9.17, 15) is 4.39 Å². The molecule has 5 rings (SSSR count). The summed E-state index contributed by atoms with van der Waals surface area (Å²) in [5, 5.41) is 22.0. The molecule has 0 aliphatic heterocycles. The summed E-state index contributed by atoms with van der Waals surface area (Å²) in [7, 11) is 0. The molecule has 122 valence electrons. The van der Waals surface area contributed by atoms with Crippen molar-refractivity contribution in [2.45, 2.75) is 6.54 Å². The van der Waals surface area contributed by atoms with Gasteiger partial charge in [0.25, 0.3) is 0 Å². The number of aromatic nitrogens is 7. The minimum Gasteiger partial charge on any atom is -0.237 e. The van der Waals surface area contributed by atoms with Gasteiger partial charge < -0.3 is 0 Å². The van der Waals surface area contributed by atoms with Crippen molar-refractivity contribution >= 4 is 27.3 Å². The maximum Gasteiger partial charge on any atom is 0.235 e. The minimum atomic E-state index is -0.273. The van der Waals surface area contributed by atoms with Crippen LogP contribution in [-0.4, -0.2) is 34.8 Å². The van der Waals surface area contributed by atoms with Crippen molar-refractivity contribution < 1.29 is 4.39 Å². The fraction of sp³-hybridized carbons (Fsp3) is 0.0625. The molecule has 0 saturated carbocycles. The molecule has 3 heterocycles. The van der Waals surface area contributed by atoms with Gasteiger partial charge in [-0.1, -0.05) is 28.7 Å². The Labute approximate surface area is 144 Å². The molecule has 0 unspecified atom stereocenters. The summed E-state index contributed by atoms with van der Waals surface area (Å²) in [5.74, 6) is 0.390. The van der Waals surface area contributed by atoms with Gasteiger partial charge in [0.1, 0.15) is 22.9 Å². The van der Waals surface area contributed by atoms with Crippen molar-refractivity contribution in [3.05, 3.63) is 60.2 Å². The number of halogens is 1. The second-order valence-corrected chi connectivity index (χ2v) is 6.42. The first-order valence-corrected chi connectivity index (χ1v) is 8.35. The van der Waals surface area contributed by atoms with Crippen LogP contribution >= 0.6 is 11.3 Å². The summed E-state index contributed by atoms with van der Waals surface area (Å²) in [6, 6.07) is 14.0. The average molecular weight is 351 g/mol. The van der Waals surface area contributed by atoms with Gasteiger partial charge in [-0.3, -0.25) is 0 Å². The largest absolute Gasteiger partial charge is 0.237 e. The van der Waals surface area contributed by atoms with Crippen molar-refractivity contribution in [1.29, 1.82) is 0 Å². The highest BCUT2D eigenvalue weighted by Gasteiger charge is 2.15. The zero-order valence-electron chi connectivity index (χ0n) is 12.7. The summed E-state index contributed by atoms with van der Waals surface area (Å²) in [4.78, 5) is 0.679. The summed E-state index contributed by atoms with van der Waals surface area (Å²) in [6.45, 7) is 0.411. The molecule has 0 amide bonds. The monoisotopic (exact) mass is 351 g/mol. The van der Waals surface area contributed by atoms with Crippen LogP contribution in [0.4, 0.5) is 4.39 Å². The van der Waals surface area contributed by atoms with Crippen LogP contribution in [0.25, 0.3) is 26.6 Å². The number of para-hydroxylation sites is 1. The molecule has 0 radical (unpaired) electrons. The fourth-order valence-corrected chi connectivity index (χ4v) is 3.50. The van der Waals surface area contributed by atoms with Crippen molar-refractivity contribution in [3.63, 3.8) is 0 Å². The van der Waals surface area contributed by atoms with Gasteiger partial charge >= 0.3 is 0 Å². The van der Waals surface area contributed by atoms with Gasteiger partial charge in [-0.15, -0.1) is 15.3 Å². The van der Waals surface area contributed by atoms with E-state index in [0.717, 1.165) is 21.6 Å². The standard InChI is InChI=1S/C16H10FN7S/c17-11-7-5-10(6-8-11)15-21-24-14(19-20-16(24)25-15)9-23-13-4-2-1-3-12(13)18-22-23/h1-8H,9H2. The predicted molar refractivity (Wildman–Crippen MR) is 90.7 cm³/mol.